The first-order valence-corrected chi connectivity index (χ1v) is 6.32. The van der Waals surface area contributed by atoms with E-state index in [1.165, 1.54) is 12.8 Å². The van der Waals surface area contributed by atoms with E-state index in [1.54, 1.807) is 12.4 Å². The fourth-order valence-electron chi connectivity index (χ4n) is 1.93. The number of anilines is 1. The second kappa shape index (κ2) is 6.45. The monoisotopic (exact) mass is 236 g/mol. The molecule has 17 heavy (non-hydrogen) atoms. The zero-order valence-electron chi connectivity index (χ0n) is 10.3. The van der Waals surface area contributed by atoms with Gasteiger partial charge in [-0.2, -0.15) is 0 Å². The molecule has 4 nitrogen and oxygen atoms in total. The molecule has 4 heteroatoms. The number of rotatable bonds is 5. The van der Waals surface area contributed by atoms with E-state index in [2.05, 4.69) is 17.2 Å². The summed E-state index contributed by atoms with van der Waals surface area (Å²) in [5, 5.41) is 3.21. The molecule has 1 aliphatic heterocycles. The summed E-state index contributed by atoms with van der Waals surface area (Å²) in [7, 11) is 0. The minimum atomic E-state index is 0.242. The number of pyridine rings is 1. The average molecular weight is 236 g/mol. The molecule has 1 aromatic rings. The van der Waals surface area contributed by atoms with Crippen LogP contribution in [-0.2, 0) is 4.74 Å². The van der Waals surface area contributed by atoms with Crippen LogP contribution in [0.5, 0.6) is 5.75 Å². The molecule has 1 saturated heterocycles. The van der Waals surface area contributed by atoms with Gasteiger partial charge in [0.2, 0.25) is 0 Å². The van der Waals surface area contributed by atoms with Crippen molar-refractivity contribution in [1.82, 2.24) is 4.98 Å². The molecular formula is C13H20N2O2. The second-order valence-electron chi connectivity index (χ2n) is 4.24. The van der Waals surface area contributed by atoms with Crippen LogP contribution in [0.1, 0.15) is 26.2 Å². The van der Waals surface area contributed by atoms with E-state index in [4.69, 9.17) is 9.47 Å². The van der Waals surface area contributed by atoms with Crippen molar-refractivity contribution in [2.24, 2.45) is 0 Å². The van der Waals surface area contributed by atoms with Crippen molar-refractivity contribution in [3.63, 3.8) is 0 Å². The lowest BCUT2D eigenvalue weighted by Gasteiger charge is -2.22. The van der Waals surface area contributed by atoms with E-state index < -0.39 is 0 Å². The maximum Gasteiger partial charge on any atom is 0.139 e. The van der Waals surface area contributed by atoms with E-state index in [0.29, 0.717) is 6.61 Å². The summed E-state index contributed by atoms with van der Waals surface area (Å²) in [4.78, 5) is 4.14. The van der Waals surface area contributed by atoms with Crippen LogP contribution in [-0.4, -0.2) is 30.8 Å². The van der Waals surface area contributed by atoms with E-state index in [-0.39, 0.29) is 6.10 Å². The molecule has 0 bridgehead atoms. The molecule has 1 atom stereocenters. The first kappa shape index (κ1) is 12.2. The molecule has 1 aliphatic rings. The van der Waals surface area contributed by atoms with Crippen molar-refractivity contribution in [2.75, 3.05) is 25.1 Å². The normalized spacial score (nSPS) is 19.9. The number of hydrogen-bond donors (Lipinski definition) is 1. The van der Waals surface area contributed by atoms with Crippen LogP contribution >= 0.6 is 0 Å². The summed E-state index contributed by atoms with van der Waals surface area (Å²) < 4.78 is 11.3. The standard InChI is InChI=1S/C13H20N2O2/c1-2-15-11-7-13(9-14-8-11)17-10-12-5-3-4-6-16-12/h7-9,12,15H,2-6,10H2,1H3. The predicted octanol–water partition coefficient (Wildman–Crippen LogP) is 2.46. The van der Waals surface area contributed by atoms with Crippen molar-refractivity contribution in [2.45, 2.75) is 32.3 Å². The minimum Gasteiger partial charge on any atom is -0.489 e. The summed E-state index contributed by atoms with van der Waals surface area (Å²) in [5.41, 5.74) is 0.995. The third-order valence-corrected chi connectivity index (χ3v) is 2.80. The second-order valence-corrected chi connectivity index (χ2v) is 4.24. The molecule has 1 unspecified atom stereocenters. The van der Waals surface area contributed by atoms with Crippen LogP contribution in [0.4, 0.5) is 5.69 Å². The fourth-order valence-corrected chi connectivity index (χ4v) is 1.93. The Morgan fingerprint density at radius 1 is 1.47 bits per heavy atom. The van der Waals surface area contributed by atoms with Gasteiger partial charge >= 0.3 is 0 Å². The van der Waals surface area contributed by atoms with Crippen molar-refractivity contribution in [1.29, 1.82) is 0 Å². The van der Waals surface area contributed by atoms with E-state index >= 15 is 0 Å². The number of hydrogen-bond acceptors (Lipinski definition) is 4. The predicted molar refractivity (Wildman–Crippen MR) is 67.5 cm³/mol. The molecule has 0 radical (unpaired) electrons. The van der Waals surface area contributed by atoms with E-state index in [9.17, 15) is 0 Å². The topological polar surface area (TPSA) is 43.4 Å². The molecule has 0 aliphatic carbocycles. The molecular weight excluding hydrogens is 216 g/mol. The Balaban J connectivity index is 1.83. The molecule has 1 N–H and O–H groups in total. The van der Waals surface area contributed by atoms with Gasteiger partial charge in [-0.25, -0.2) is 0 Å². The van der Waals surface area contributed by atoms with Gasteiger partial charge in [0.1, 0.15) is 12.4 Å². The van der Waals surface area contributed by atoms with Crippen molar-refractivity contribution >= 4 is 5.69 Å². The lowest BCUT2D eigenvalue weighted by molar-refractivity contribution is -0.0111. The Morgan fingerprint density at radius 3 is 3.18 bits per heavy atom. The van der Waals surface area contributed by atoms with Crippen molar-refractivity contribution in [3.05, 3.63) is 18.5 Å². The Hall–Kier alpha value is -1.29. The molecule has 0 aromatic carbocycles. The van der Waals surface area contributed by atoms with Gasteiger partial charge in [0.05, 0.1) is 24.2 Å². The molecule has 1 fully saturated rings. The first-order chi connectivity index (χ1) is 8.38. The fraction of sp³-hybridized carbons (Fsp3) is 0.615. The molecule has 2 rings (SSSR count). The lowest BCUT2D eigenvalue weighted by atomic mass is 10.1. The van der Waals surface area contributed by atoms with Gasteiger partial charge in [0, 0.05) is 19.2 Å². The molecule has 1 aromatic heterocycles. The highest BCUT2D eigenvalue weighted by Gasteiger charge is 2.14. The summed E-state index contributed by atoms with van der Waals surface area (Å²) in [6.45, 7) is 4.43. The summed E-state index contributed by atoms with van der Waals surface area (Å²) in [6, 6.07) is 1.97. The van der Waals surface area contributed by atoms with Crippen LogP contribution in [0.15, 0.2) is 18.5 Å². The van der Waals surface area contributed by atoms with E-state index in [0.717, 1.165) is 31.0 Å². The van der Waals surface area contributed by atoms with Gasteiger partial charge in [-0.1, -0.05) is 0 Å². The Kier molecular flexibility index (Phi) is 4.62. The highest BCUT2D eigenvalue weighted by Crippen LogP contribution is 2.18. The van der Waals surface area contributed by atoms with Gasteiger partial charge in [-0.15, -0.1) is 0 Å². The number of aromatic nitrogens is 1. The highest BCUT2D eigenvalue weighted by molar-refractivity contribution is 5.44. The summed E-state index contributed by atoms with van der Waals surface area (Å²) in [6.07, 6.45) is 7.29. The van der Waals surface area contributed by atoms with Crippen molar-refractivity contribution in [3.8, 4) is 5.75 Å². The van der Waals surface area contributed by atoms with Gasteiger partial charge in [0.15, 0.2) is 0 Å². The molecule has 0 saturated carbocycles. The summed E-state index contributed by atoms with van der Waals surface area (Å²) >= 11 is 0. The molecule has 2 heterocycles. The maximum atomic E-state index is 5.70. The van der Waals surface area contributed by atoms with Gasteiger partial charge in [-0.05, 0) is 26.2 Å². The molecule has 94 valence electrons. The zero-order valence-corrected chi connectivity index (χ0v) is 10.3. The third kappa shape index (κ3) is 3.89. The smallest absolute Gasteiger partial charge is 0.139 e. The van der Waals surface area contributed by atoms with Crippen LogP contribution < -0.4 is 10.1 Å². The molecule has 0 spiro atoms. The van der Waals surface area contributed by atoms with Crippen molar-refractivity contribution < 1.29 is 9.47 Å². The van der Waals surface area contributed by atoms with Gasteiger partial charge < -0.3 is 14.8 Å². The highest BCUT2D eigenvalue weighted by atomic mass is 16.5. The van der Waals surface area contributed by atoms with Gasteiger partial charge in [0.25, 0.3) is 0 Å². The SMILES string of the molecule is CCNc1cncc(OCC2CCCCO2)c1. The number of ether oxygens (including phenoxy) is 2. The third-order valence-electron chi connectivity index (χ3n) is 2.80. The average Bonchev–Trinajstić information content (AvgIpc) is 2.39. The van der Waals surface area contributed by atoms with Crippen LogP contribution in [0.25, 0.3) is 0 Å². The molecule has 0 amide bonds. The number of nitrogens with zero attached hydrogens (tertiary/aromatic N) is 1. The lowest BCUT2D eigenvalue weighted by Crippen LogP contribution is -2.25. The first-order valence-electron chi connectivity index (χ1n) is 6.32. The Labute approximate surface area is 102 Å². The Bertz CT molecular complexity index is 338. The zero-order chi connectivity index (χ0) is 11.9. The quantitative estimate of drug-likeness (QED) is 0.853. The largest absolute Gasteiger partial charge is 0.489 e. The van der Waals surface area contributed by atoms with Crippen LogP contribution in [0.2, 0.25) is 0 Å². The number of nitrogens with one attached hydrogen (secondary N) is 1. The summed E-state index contributed by atoms with van der Waals surface area (Å²) in [5.74, 6) is 0.803. The maximum absolute atomic E-state index is 5.70. The van der Waals surface area contributed by atoms with Crippen LogP contribution in [0.3, 0.4) is 0 Å². The Morgan fingerprint density at radius 2 is 2.41 bits per heavy atom. The van der Waals surface area contributed by atoms with E-state index in [1.807, 2.05) is 6.07 Å². The minimum absolute atomic E-state index is 0.242. The van der Waals surface area contributed by atoms with Gasteiger partial charge in [-0.3, -0.25) is 4.98 Å². The van der Waals surface area contributed by atoms with Crippen LogP contribution in [0, 0.1) is 0 Å².